The molecule has 1 N–H and O–H groups in total. The van der Waals surface area contributed by atoms with Gasteiger partial charge in [0.15, 0.2) is 0 Å². The summed E-state index contributed by atoms with van der Waals surface area (Å²) in [6.45, 7) is 5.79. The van der Waals surface area contributed by atoms with Crippen molar-refractivity contribution in [1.82, 2.24) is 9.88 Å². The fourth-order valence-electron chi connectivity index (χ4n) is 3.20. The average molecular weight is 308 g/mol. The number of nitrogens with zero attached hydrogens (tertiary/aromatic N) is 2. The summed E-state index contributed by atoms with van der Waals surface area (Å²) >= 11 is 1.63. The van der Waals surface area contributed by atoms with Crippen molar-refractivity contribution in [3.63, 3.8) is 0 Å². The molecule has 5 heteroatoms. The lowest BCUT2D eigenvalue weighted by atomic mass is 10.0. The molecule has 1 aromatic heterocycles. The quantitative estimate of drug-likeness (QED) is 0.878. The standard InChI is InChI=1S/C16H24N2O2S/c1-11-3-2-7-18(10-11)8-6-14-17-16(12-4-5-12)13(21-14)9-15(19)20/h11-12H,2-10H2,1H3,(H,19,20). The van der Waals surface area contributed by atoms with Crippen LogP contribution in [0.2, 0.25) is 0 Å². The van der Waals surface area contributed by atoms with Crippen LogP contribution in [0.3, 0.4) is 0 Å². The minimum atomic E-state index is -0.739. The van der Waals surface area contributed by atoms with Crippen LogP contribution < -0.4 is 0 Å². The molecule has 21 heavy (non-hydrogen) atoms. The summed E-state index contributed by atoms with van der Waals surface area (Å²) < 4.78 is 0. The second kappa shape index (κ2) is 6.44. The molecule has 2 heterocycles. The zero-order valence-corrected chi connectivity index (χ0v) is 13.5. The number of likely N-dealkylation sites (tertiary alicyclic amines) is 1. The van der Waals surface area contributed by atoms with Gasteiger partial charge in [-0.15, -0.1) is 11.3 Å². The third-order valence-corrected chi connectivity index (χ3v) is 5.56. The van der Waals surface area contributed by atoms with E-state index in [0.29, 0.717) is 5.92 Å². The van der Waals surface area contributed by atoms with Crippen LogP contribution in [0.5, 0.6) is 0 Å². The second-order valence-corrected chi connectivity index (χ2v) is 7.73. The van der Waals surface area contributed by atoms with Crippen LogP contribution in [0.15, 0.2) is 0 Å². The van der Waals surface area contributed by atoms with Crippen molar-refractivity contribution >= 4 is 17.3 Å². The Hall–Kier alpha value is -0.940. The molecular formula is C16H24N2O2S. The summed E-state index contributed by atoms with van der Waals surface area (Å²) in [5.74, 6) is 0.607. The van der Waals surface area contributed by atoms with Crippen molar-refractivity contribution in [2.45, 2.75) is 51.4 Å². The topological polar surface area (TPSA) is 53.4 Å². The molecule has 1 saturated carbocycles. The first-order valence-electron chi connectivity index (χ1n) is 8.04. The lowest BCUT2D eigenvalue weighted by molar-refractivity contribution is -0.136. The van der Waals surface area contributed by atoms with Gasteiger partial charge in [0.05, 0.1) is 17.1 Å². The Balaban J connectivity index is 1.61. The first-order valence-corrected chi connectivity index (χ1v) is 8.86. The molecule has 0 spiro atoms. The Kier molecular flexibility index (Phi) is 4.60. The minimum absolute atomic E-state index is 0.143. The molecule has 0 radical (unpaired) electrons. The number of carbonyl (C=O) groups is 1. The van der Waals surface area contributed by atoms with Crippen LogP contribution in [0, 0.1) is 5.92 Å². The SMILES string of the molecule is CC1CCCN(CCc2nc(C3CC3)c(CC(=O)O)s2)C1. The highest BCUT2D eigenvalue weighted by atomic mass is 32.1. The number of aromatic nitrogens is 1. The Labute approximate surface area is 130 Å². The van der Waals surface area contributed by atoms with Gasteiger partial charge in [0, 0.05) is 30.3 Å². The Bertz CT molecular complexity index is 510. The number of piperidine rings is 1. The van der Waals surface area contributed by atoms with Crippen molar-refractivity contribution in [2.24, 2.45) is 5.92 Å². The van der Waals surface area contributed by atoms with Crippen molar-refractivity contribution in [2.75, 3.05) is 19.6 Å². The van der Waals surface area contributed by atoms with E-state index in [4.69, 9.17) is 10.1 Å². The third kappa shape index (κ3) is 4.04. The van der Waals surface area contributed by atoms with E-state index in [0.717, 1.165) is 34.5 Å². The summed E-state index contributed by atoms with van der Waals surface area (Å²) in [6.07, 6.45) is 6.12. The largest absolute Gasteiger partial charge is 0.481 e. The number of thiazole rings is 1. The first-order chi connectivity index (χ1) is 10.1. The molecule has 3 rings (SSSR count). The minimum Gasteiger partial charge on any atom is -0.481 e. The predicted molar refractivity (Wildman–Crippen MR) is 84.0 cm³/mol. The maximum absolute atomic E-state index is 11.0. The molecule has 116 valence electrons. The number of carboxylic acid groups (broad SMARTS) is 1. The Morgan fingerprint density at radius 1 is 1.43 bits per heavy atom. The Morgan fingerprint density at radius 3 is 2.90 bits per heavy atom. The van der Waals surface area contributed by atoms with Crippen LogP contribution in [-0.2, 0) is 17.6 Å². The molecule has 2 aliphatic rings. The van der Waals surface area contributed by atoms with Gasteiger partial charge in [0.1, 0.15) is 0 Å². The van der Waals surface area contributed by atoms with Crippen LogP contribution in [0.4, 0.5) is 0 Å². The fourth-order valence-corrected chi connectivity index (χ4v) is 4.34. The predicted octanol–water partition coefficient (Wildman–Crippen LogP) is 2.92. The molecular weight excluding hydrogens is 284 g/mol. The number of rotatable bonds is 6. The van der Waals surface area contributed by atoms with Gasteiger partial charge in [-0.1, -0.05) is 6.92 Å². The van der Waals surface area contributed by atoms with E-state index in [-0.39, 0.29) is 6.42 Å². The van der Waals surface area contributed by atoms with Gasteiger partial charge < -0.3 is 10.0 Å². The van der Waals surface area contributed by atoms with Gasteiger partial charge in [-0.05, 0) is 38.1 Å². The fraction of sp³-hybridized carbons (Fsp3) is 0.750. The van der Waals surface area contributed by atoms with Gasteiger partial charge in [0.25, 0.3) is 0 Å². The van der Waals surface area contributed by atoms with E-state index >= 15 is 0 Å². The highest BCUT2D eigenvalue weighted by Gasteiger charge is 2.30. The maximum Gasteiger partial charge on any atom is 0.308 e. The molecule has 1 saturated heterocycles. The zero-order valence-electron chi connectivity index (χ0n) is 12.7. The monoisotopic (exact) mass is 308 g/mol. The molecule has 2 fully saturated rings. The van der Waals surface area contributed by atoms with Gasteiger partial charge in [0.2, 0.25) is 0 Å². The molecule has 1 aliphatic carbocycles. The molecule has 4 nitrogen and oxygen atoms in total. The van der Waals surface area contributed by atoms with E-state index in [1.807, 2.05) is 0 Å². The number of hydrogen-bond donors (Lipinski definition) is 1. The smallest absolute Gasteiger partial charge is 0.308 e. The molecule has 1 atom stereocenters. The lowest BCUT2D eigenvalue weighted by Crippen LogP contribution is -2.35. The van der Waals surface area contributed by atoms with Crippen molar-refractivity contribution in [1.29, 1.82) is 0 Å². The molecule has 0 aromatic carbocycles. The third-order valence-electron chi connectivity index (χ3n) is 4.43. The summed E-state index contributed by atoms with van der Waals surface area (Å²) in [7, 11) is 0. The zero-order chi connectivity index (χ0) is 14.8. The van der Waals surface area contributed by atoms with Gasteiger partial charge in [-0.3, -0.25) is 4.79 Å². The van der Waals surface area contributed by atoms with Gasteiger partial charge in [-0.25, -0.2) is 4.98 Å². The van der Waals surface area contributed by atoms with Crippen LogP contribution >= 0.6 is 11.3 Å². The Morgan fingerprint density at radius 2 is 2.24 bits per heavy atom. The molecule has 1 aliphatic heterocycles. The van der Waals surface area contributed by atoms with Crippen molar-refractivity contribution < 1.29 is 9.90 Å². The van der Waals surface area contributed by atoms with Crippen molar-refractivity contribution in [3.05, 3.63) is 15.6 Å². The number of carboxylic acids is 1. The lowest BCUT2D eigenvalue weighted by Gasteiger charge is -2.30. The molecule has 0 bridgehead atoms. The maximum atomic E-state index is 11.0. The van der Waals surface area contributed by atoms with Gasteiger partial charge >= 0.3 is 5.97 Å². The van der Waals surface area contributed by atoms with E-state index in [1.54, 1.807) is 11.3 Å². The van der Waals surface area contributed by atoms with Crippen LogP contribution in [0.25, 0.3) is 0 Å². The summed E-state index contributed by atoms with van der Waals surface area (Å²) in [6, 6.07) is 0. The highest BCUT2D eigenvalue weighted by Crippen LogP contribution is 2.42. The average Bonchev–Trinajstić information content (AvgIpc) is 3.19. The second-order valence-electron chi connectivity index (χ2n) is 6.56. The summed E-state index contributed by atoms with van der Waals surface area (Å²) in [5.41, 5.74) is 1.09. The summed E-state index contributed by atoms with van der Waals surface area (Å²) in [5, 5.41) is 10.2. The van der Waals surface area contributed by atoms with Crippen LogP contribution in [0.1, 0.15) is 54.1 Å². The number of hydrogen-bond acceptors (Lipinski definition) is 4. The molecule has 0 amide bonds. The van der Waals surface area contributed by atoms with E-state index in [1.165, 1.54) is 38.8 Å². The molecule has 1 aromatic rings. The van der Waals surface area contributed by atoms with E-state index < -0.39 is 5.97 Å². The summed E-state index contributed by atoms with van der Waals surface area (Å²) in [4.78, 5) is 19.3. The normalized spacial score (nSPS) is 23.4. The van der Waals surface area contributed by atoms with Gasteiger partial charge in [-0.2, -0.15) is 0 Å². The number of aliphatic carboxylic acids is 1. The van der Waals surface area contributed by atoms with E-state index in [9.17, 15) is 4.79 Å². The molecule has 1 unspecified atom stereocenters. The van der Waals surface area contributed by atoms with Crippen molar-refractivity contribution in [3.8, 4) is 0 Å². The highest BCUT2D eigenvalue weighted by molar-refractivity contribution is 7.11. The van der Waals surface area contributed by atoms with E-state index in [2.05, 4.69) is 11.8 Å². The van der Waals surface area contributed by atoms with Crippen LogP contribution in [-0.4, -0.2) is 40.6 Å². The first kappa shape index (κ1) is 15.0.